The van der Waals surface area contributed by atoms with Crippen molar-refractivity contribution in [2.24, 2.45) is 0 Å². The largest absolute Gasteiger partial charge is 0.508 e. The van der Waals surface area contributed by atoms with E-state index in [2.05, 4.69) is 0 Å². The first-order valence-electron chi connectivity index (χ1n) is 4.54. The number of nitrogens with zero attached hydrogens (tertiary/aromatic N) is 1. The zero-order valence-electron chi connectivity index (χ0n) is 7.85. The summed E-state index contributed by atoms with van der Waals surface area (Å²) in [5.41, 5.74) is 0.722. The van der Waals surface area contributed by atoms with Gasteiger partial charge in [0.25, 0.3) is 0 Å². The van der Waals surface area contributed by atoms with Gasteiger partial charge in [0, 0.05) is 29.6 Å². The lowest BCUT2D eigenvalue weighted by Gasteiger charge is -2.37. The van der Waals surface area contributed by atoms with Crippen molar-refractivity contribution in [1.29, 1.82) is 0 Å². The Labute approximate surface area is 91.7 Å². The van der Waals surface area contributed by atoms with Crippen LogP contribution in [0.4, 0.5) is 4.79 Å². The predicted molar refractivity (Wildman–Crippen MR) is 55.5 cm³/mol. The van der Waals surface area contributed by atoms with E-state index in [9.17, 15) is 9.90 Å². The van der Waals surface area contributed by atoms with Crippen LogP contribution in [0.25, 0.3) is 0 Å². The first-order chi connectivity index (χ1) is 7.08. The van der Waals surface area contributed by atoms with E-state index >= 15 is 0 Å². The van der Waals surface area contributed by atoms with E-state index in [1.54, 1.807) is 12.1 Å². The Balaban J connectivity index is 2.12. The van der Waals surface area contributed by atoms with Gasteiger partial charge in [0.2, 0.25) is 0 Å². The van der Waals surface area contributed by atoms with Crippen LogP contribution < -0.4 is 0 Å². The highest BCUT2D eigenvalue weighted by molar-refractivity contribution is 6.30. The molecule has 1 saturated heterocycles. The van der Waals surface area contributed by atoms with Crippen molar-refractivity contribution in [2.75, 3.05) is 13.1 Å². The topological polar surface area (TPSA) is 60.8 Å². The van der Waals surface area contributed by atoms with Gasteiger partial charge in [-0.1, -0.05) is 11.6 Å². The molecule has 0 saturated carbocycles. The SMILES string of the molecule is O=C(O)N1CC(c2cc(Cl)ccc2O)C1. The zero-order valence-corrected chi connectivity index (χ0v) is 8.61. The molecule has 1 aliphatic heterocycles. The Hall–Kier alpha value is -1.42. The molecule has 0 unspecified atom stereocenters. The molecule has 1 aromatic carbocycles. The second-order valence-electron chi connectivity index (χ2n) is 3.59. The average Bonchev–Trinajstić information content (AvgIpc) is 2.08. The fraction of sp³-hybridized carbons (Fsp3) is 0.300. The maximum atomic E-state index is 10.5. The summed E-state index contributed by atoms with van der Waals surface area (Å²) in [7, 11) is 0. The molecule has 1 heterocycles. The van der Waals surface area contributed by atoms with Gasteiger partial charge in [-0.15, -0.1) is 0 Å². The van der Waals surface area contributed by atoms with Gasteiger partial charge in [0.05, 0.1) is 0 Å². The molecule has 2 rings (SSSR count). The highest BCUT2D eigenvalue weighted by Crippen LogP contribution is 2.34. The third-order valence-corrected chi connectivity index (χ3v) is 2.82. The minimum absolute atomic E-state index is 0.0554. The summed E-state index contributed by atoms with van der Waals surface area (Å²) in [5, 5.41) is 18.8. The molecule has 0 spiro atoms. The van der Waals surface area contributed by atoms with Crippen molar-refractivity contribution in [3.63, 3.8) is 0 Å². The number of likely N-dealkylation sites (tertiary alicyclic amines) is 1. The molecule has 15 heavy (non-hydrogen) atoms. The number of aromatic hydroxyl groups is 1. The molecule has 1 fully saturated rings. The van der Waals surface area contributed by atoms with E-state index in [-0.39, 0.29) is 11.7 Å². The summed E-state index contributed by atoms with van der Waals surface area (Å²) in [6.45, 7) is 0.840. The van der Waals surface area contributed by atoms with Gasteiger partial charge in [0.15, 0.2) is 0 Å². The predicted octanol–water partition coefficient (Wildman–Crippen LogP) is 2.12. The third-order valence-electron chi connectivity index (χ3n) is 2.58. The lowest BCUT2D eigenvalue weighted by molar-refractivity contribution is 0.105. The number of phenols is 1. The fourth-order valence-corrected chi connectivity index (χ4v) is 1.86. The number of carbonyl (C=O) groups is 1. The van der Waals surface area contributed by atoms with Gasteiger partial charge in [-0.3, -0.25) is 0 Å². The van der Waals surface area contributed by atoms with E-state index in [0.717, 1.165) is 5.56 Å². The smallest absolute Gasteiger partial charge is 0.407 e. The standard InChI is InChI=1S/C10H10ClNO3/c11-7-1-2-9(13)8(3-7)6-4-12(5-6)10(14)15/h1-3,6,13H,4-5H2,(H,14,15). The van der Waals surface area contributed by atoms with Gasteiger partial charge in [-0.05, 0) is 18.2 Å². The van der Waals surface area contributed by atoms with Crippen molar-refractivity contribution in [3.05, 3.63) is 28.8 Å². The molecule has 4 nitrogen and oxygen atoms in total. The van der Waals surface area contributed by atoms with Gasteiger partial charge in [-0.25, -0.2) is 4.79 Å². The Kier molecular flexibility index (Phi) is 2.44. The molecule has 2 N–H and O–H groups in total. The maximum Gasteiger partial charge on any atom is 0.407 e. The van der Waals surface area contributed by atoms with Crippen molar-refractivity contribution in [2.45, 2.75) is 5.92 Å². The van der Waals surface area contributed by atoms with Crippen LogP contribution in [0.15, 0.2) is 18.2 Å². The molecule has 80 valence electrons. The summed E-state index contributed by atoms with van der Waals surface area (Å²) in [6, 6.07) is 4.82. The molecule has 0 aromatic heterocycles. The molecule has 1 amide bonds. The average molecular weight is 228 g/mol. The second-order valence-corrected chi connectivity index (χ2v) is 4.02. The molecular weight excluding hydrogens is 218 g/mol. The minimum Gasteiger partial charge on any atom is -0.508 e. The molecular formula is C10H10ClNO3. The monoisotopic (exact) mass is 227 g/mol. The molecule has 0 bridgehead atoms. The first-order valence-corrected chi connectivity index (χ1v) is 4.92. The summed E-state index contributed by atoms with van der Waals surface area (Å²) in [4.78, 5) is 11.8. The number of rotatable bonds is 1. The number of hydrogen-bond acceptors (Lipinski definition) is 2. The van der Waals surface area contributed by atoms with Gasteiger partial charge in [-0.2, -0.15) is 0 Å². The second kappa shape index (κ2) is 3.62. The van der Waals surface area contributed by atoms with E-state index in [4.69, 9.17) is 16.7 Å². The van der Waals surface area contributed by atoms with Crippen LogP contribution in [0.2, 0.25) is 5.02 Å². The quantitative estimate of drug-likeness (QED) is 0.773. The number of amides is 1. The fourth-order valence-electron chi connectivity index (χ4n) is 1.68. The highest BCUT2D eigenvalue weighted by Gasteiger charge is 2.33. The summed E-state index contributed by atoms with van der Waals surface area (Å²) in [6.07, 6.45) is -0.923. The van der Waals surface area contributed by atoms with Crippen molar-refractivity contribution < 1.29 is 15.0 Å². The Bertz CT molecular complexity index is 402. The molecule has 0 atom stereocenters. The van der Waals surface area contributed by atoms with E-state index in [1.807, 2.05) is 0 Å². The summed E-state index contributed by atoms with van der Waals surface area (Å²) < 4.78 is 0. The Morgan fingerprint density at radius 2 is 2.13 bits per heavy atom. The molecule has 5 heteroatoms. The maximum absolute atomic E-state index is 10.5. The normalized spacial score (nSPS) is 16.2. The van der Waals surface area contributed by atoms with Gasteiger partial charge < -0.3 is 15.1 Å². The summed E-state index contributed by atoms with van der Waals surface area (Å²) in [5.74, 6) is 0.231. The van der Waals surface area contributed by atoms with Crippen molar-refractivity contribution >= 4 is 17.7 Å². The molecule has 0 aliphatic carbocycles. The lowest BCUT2D eigenvalue weighted by Crippen LogP contribution is -2.47. The summed E-state index contributed by atoms with van der Waals surface area (Å²) >= 11 is 5.80. The number of carboxylic acid groups (broad SMARTS) is 1. The number of hydrogen-bond donors (Lipinski definition) is 2. The van der Waals surface area contributed by atoms with Gasteiger partial charge in [0.1, 0.15) is 5.75 Å². The number of benzene rings is 1. The molecule has 0 radical (unpaired) electrons. The minimum atomic E-state index is -0.923. The number of phenolic OH excluding ortho intramolecular Hbond substituents is 1. The highest BCUT2D eigenvalue weighted by atomic mass is 35.5. The van der Waals surface area contributed by atoms with Crippen LogP contribution in [-0.2, 0) is 0 Å². The first kappa shape index (κ1) is 10.1. The van der Waals surface area contributed by atoms with Crippen LogP contribution >= 0.6 is 11.6 Å². The zero-order chi connectivity index (χ0) is 11.0. The van der Waals surface area contributed by atoms with E-state index in [0.29, 0.717) is 18.1 Å². The Morgan fingerprint density at radius 3 is 2.73 bits per heavy atom. The van der Waals surface area contributed by atoms with Crippen molar-refractivity contribution in [1.82, 2.24) is 4.90 Å². The van der Waals surface area contributed by atoms with Crippen molar-refractivity contribution in [3.8, 4) is 5.75 Å². The van der Waals surface area contributed by atoms with Crippen LogP contribution in [0.5, 0.6) is 5.75 Å². The molecule has 1 aliphatic rings. The molecule has 1 aromatic rings. The van der Waals surface area contributed by atoms with Gasteiger partial charge >= 0.3 is 6.09 Å². The lowest BCUT2D eigenvalue weighted by atomic mass is 9.91. The van der Waals surface area contributed by atoms with E-state index in [1.165, 1.54) is 11.0 Å². The van der Waals surface area contributed by atoms with E-state index < -0.39 is 6.09 Å². The van der Waals surface area contributed by atoms with Crippen LogP contribution in [0.1, 0.15) is 11.5 Å². The van der Waals surface area contributed by atoms with Crippen LogP contribution in [0, 0.1) is 0 Å². The van der Waals surface area contributed by atoms with Crippen LogP contribution in [0.3, 0.4) is 0 Å². The third kappa shape index (κ3) is 1.85. The Morgan fingerprint density at radius 1 is 1.47 bits per heavy atom. The number of halogens is 1. The van der Waals surface area contributed by atoms with Crippen LogP contribution in [-0.4, -0.2) is 34.3 Å².